The Hall–Kier alpha value is -1.69. The number of aryl methyl sites for hydroxylation is 1. The second kappa shape index (κ2) is 5.30. The molecule has 1 aromatic heterocycles. The SMILES string of the molecule is Cc1cc(F)cnc1N1CCN(CC(N)=O)CC1. The third kappa shape index (κ3) is 2.95. The molecule has 0 unspecified atom stereocenters. The highest BCUT2D eigenvalue weighted by atomic mass is 19.1. The summed E-state index contributed by atoms with van der Waals surface area (Å²) < 4.78 is 13.0. The maximum Gasteiger partial charge on any atom is 0.231 e. The van der Waals surface area contributed by atoms with Gasteiger partial charge in [-0.1, -0.05) is 0 Å². The van der Waals surface area contributed by atoms with E-state index in [9.17, 15) is 9.18 Å². The molecule has 0 bridgehead atoms. The number of halogens is 1. The van der Waals surface area contributed by atoms with Crippen molar-refractivity contribution in [2.75, 3.05) is 37.6 Å². The van der Waals surface area contributed by atoms with E-state index in [-0.39, 0.29) is 11.7 Å². The monoisotopic (exact) mass is 252 g/mol. The quantitative estimate of drug-likeness (QED) is 0.831. The smallest absolute Gasteiger partial charge is 0.231 e. The third-order valence-electron chi connectivity index (χ3n) is 3.07. The third-order valence-corrected chi connectivity index (χ3v) is 3.07. The Morgan fingerprint density at radius 3 is 2.67 bits per heavy atom. The number of anilines is 1. The van der Waals surface area contributed by atoms with Crippen LogP contribution in [0.2, 0.25) is 0 Å². The van der Waals surface area contributed by atoms with Crippen molar-refractivity contribution >= 4 is 11.7 Å². The number of carbonyl (C=O) groups excluding carboxylic acids is 1. The predicted molar refractivity (Wildman–Crippen MR) is 66.8 cm³/mol. The second-order valence-electron chi connectivity index (χ2n) is 4.52. The van der Waals surface area contributed by atoms with Crippen LogP contribution >= 0.6 is 0 Å². The van der Waals surface area contributed by atoms with Gasteiger partial charge in [0.1, 0.15) is 11.6 Å². The number of amides is 1. The Kier molecular flexibility index (Phi) is 3.76. The summed E-state index contributed by atoms with van der Waals surface area (Å²) in [6.45, 7) is 5.22. The topological polar surface area (TPSA) is 62.5 Å². The van der Waals surface area contributed by atoms with Gasteiger partial charge >= 0.3 is 0 Å². The van der Waals surface area contributed by atoms with Gasteiger partial charge in [-0.25, -0.2) is 9.37 Å². The molecule has 2 heterocycles. The van der Waals surface area contributed by atoms with Crippen molar-refractivity contribution in [1.29, 1.82) is 0 Å². The average molecular weight is 252 g/mol. The van der Waals surface area contributed by atoms with Gasteiger partial charge in [0.25, 0.3) is 0 Å². The molecule has 18 heavy (non-hydrogen) atoms. The molecule has 2 N–H and O–H groups in total. The predicted octanol–water partition coefficient (Wildman–Crippen LogP) is 0.136. The van der Waals surface area contributed by atoms with E-state index in [2.05, 4.69) is 9.88 Å². The molecule has 0 aliphatic carbocycles. The van der Waals surface area contributed by atoms with Gasteiger partial charge in [-0.05, 0) is 18.6 Å². The number of pyridine rings is 1. The lowest BCUT2D eigenvalue weighted by Crippen LogP contribution is -2.49. The van der Waals surface area contributed by atoms with E-state index in [0.717, 1.165) is 37.6 Å². The van der Waals surface area contributed by atoms with Crippen molar-refractivity contribution in [3.8, 4) is 0 Å². The van der Waals surface area contributed by atoms with E-state index < -0.39 is 0 Å². The fourth-order valence-electron chi connectivity index (χ4n) is 2.20. The van der Waals surface area contributed by atoms with Gasteiger partial charge < -0.3 is 10.6 Å². The normalized spacial score (nSPS) is 16.9. The molecule has 2 rings (SSSR count). The van der Waals surface area contributed by atoms with Crippen LogP contribution in [0.1, 0.15) is 5.56 Å². The molecule has 0 spiro atoms. The maximum atomic E-state index is 13.0. The van der Waals surface area contributed by atoms with Crippen molar-refractivity contribution in [2.24, 2.45) is 5.73 Å². The van der Waals surface area contributed by atoms with Crippen molar-refractivity contribution < 1.29 is 9.18 Å². The molecule has 1 amide bonds. The van der Waals surface area contributed by atoms with E-state index in [1.54, 1.807) is 0 Å². The van der Waals surface area contributed by atoms with E-state index in [4.69, 9.17) is 5.73 Å². The highest BCUT2D eigenvalue weighted by molar-refractivity contribution is 5.75. The molecule has 1 aliphatic heterocycles. The molecule has 0 aromatic carbocycles. The van der Waals surface area contributed by atoms with Gasteiger partial charge in [-0.2, -0.15) is 0 Å². The summed E-state index contributed by atoms with van der Waals surface area (Å²) in [7, 11) is 0. The van der Waals surface area contributed by atoms with Crippen LogP contribution in [0.4, 0.5) is 10.2 Å². The first-order chi connectivity index (χ1) is 8.56. The number of nitrogens with two attached hydrogens (primary N) is 1. The molecular formula is C12H17FN4O. The maximum absolute atomic E-state index is 13.0. The molecule has 98 valence electrons. The summed E-state index contributed by atoms with van der Waals surface area (Å²) in [6, 6.07) is 1.48. The molecule has 0 radical (unpaired) electrons. The van der Waals surface area contributed by atoms with Crippen LogP contribution in [0.5, 0.6) is 0 Å². The molecule has 0 saturated carbocycles. The van der Waals surface area contributed by atoms with Gasteiger partial charge in [-0.15, -0.1) is 0 Å². The summed E-state index contributed by atoms with van der Waals surface area (Å²) in [5.74, 6) is 0.193. The fraction of sp³-hybridized carbons (Fsp3) is 0.500. The molecule has 6 heteroatoms. The Labute approximate surface area is 105 Å². The Balaban J connectivity index is 1.99. The van der Waals surface area contributed by atoms with Crippen LogP contribution in [-0.2, 0) is 4.79 Å². The minimum atomic E-state index is -0.316. The number of piperazine rings is 1. The average Bonchev–Trinajstić information content (AvgIpc) is 2.30. The van der Waals surface area contributed by atoms with Crippen LogP contribution in [0.15, 0.2) is 12.3 Å². The lowest BCUT2D eigenvalue weighted by molar-refractivity contribution is -0.119. The van der Waals surface area contributed by atoms with Crippen LogP contribution in [0, 0.1) is 12.7 Å². The summed E-state index contributed by atoms with van der Waals surface area (Å²) >= 11 is 0. The van der Waals surface area contributed by atoms with Crippen molar-refractivity contribution in [3.05, 3.63) is 23.6 Å². The lowest BCUT2D eigenvalue weighted by Gasteiger charge is -2.35. The van der Waals surface area contributed by atoms with E-state index in [1.165, 1.54) is 12.3 Å². The zero-order valence-corrected chi connectivity index (χ0v) is 10.4. The van der Waals surface area contributed by atoms with E-state index in [0.29, 0.717) is 6.54 Å². The molecule has 1 fully saturated rings. The highest BCUT2D eigenvalue weighted by Gasteiger charge is 2.20. The van der Waals surface area contributed by atoms with Crippen molar-refractivity contribution in [1.82, 2.24) is 9.88 Å². The molecule has 1 aromatic rings. The number of hydrogen-bond acceptors (Lipinski definition) is 4. The summed E-state index contributed by atoms with van der Waals surface area (Å²) in [5.41, 5.74) is 5.99. The van der Waals surface area contributed by atoms with Gasteiger partial charge in [0, 0.05) is 26.2 Å². The van der Waals surface area contributed by atoms with Crippen LogP contribution in [0.3, 0.4) is 0 Å². The second-order valence-corrected chi connectivity index (χ2v) is 4.52. The number of nitrogens with zero attached hydrogens (tertiary/aromatic N) is 3. The number of aromatic nitrogens is 1. The van der Waals surface area contributed by atoms with Gasteiger partial charge in [-0.3, -0.25) is 9.69 Å². The fourth-order valence-corrected chi connectivity index (χ4v) is 2.20. The van der Waals surface area contributed by atoms with E-state index in [1.807, 2.05) is 11.8 Å². The first kappa shape index (κ1) is 12.8. The molecule has 5 nitrogen and oxygen atoms in total. The number of rotatable bonds is 3. The summed E-state index contributed by atoms with van der Waals surface area (Å²) in [5, 5.41) is 0. The lowest BCUT2D eigenvalue weighted by atomic mass is 10.2. The minimum absolute atomic E-state index is 0.295. The van der Waals surface area contributed by atoms with Gasteiger partial charge in [0.05, 0.1) is 12.7 Å². The Morgan fingerprint density at radius 1 is 1.44 bits per heavy atom. The number of hydrogen-bond donors (Lipinski definition) is 1. The molecular weight excluding hydrogens is 235 g/mol. The van der Waals surface area contributed by atoms with Crippen molar-refractivity contribution in [3.63, 3.8) is 0 Å². The highest BCUT2D eigenvalue weighted by Crippen LogP contribution is 2.18. The summed E-state index contributed by atoms with van der Waals surface area (Å²) in [6.07, 6.45) is 1.23. The number of primary amides is 1. The zero-order chi connectivity index (χ0) is 13.1. The minimum Gasteiger partial charge on any atom is -0.369 e. The summed E-state index contributed by atoms with van der Waals surface area (Å²) in [4.78, 5) is 19.1. The molecule has 1 saturated heterocycles. The Morgan fingerprint density at radius 2 is 2.11 bits per heavy atom. The first-order valence-corrected chi connectivity index (χ1v) is 5.94. The van der Waals surface area contributed by atoms with Crippen molar-refractivity contribution in [2.45, 2.75) is 6.92 Å². The van der Waals surface area contributed by atoms with Crippen LogP contribution in [-0.4, -0.2) is 48.5 Å². The molecule has 0 atom stereocenters. The number of carbonyl (C=O) groups is 1. The standard InChI is InChI=1S/C12H17FN4O/c1-9-6-10(13)7-15-12(9)17-4-2-16(3-5-17)8-11(14)18/h6-7H,2-5,8H2,1H3,(H2,14,18). The zero-order valence-electron chi connectivity index (χ0n) is 10.4. The van der Waals surface area contributed by atoms with E-state index >= 15 is 0 Å². The Bertz CT molecular complexity index is 444. The van der Waals surface area contributed by atoms with Gasteiger partial charge in [0.15, 0.2) is 0 Å². The molecule has 1 aliphatic rings. The first-order valence-electron chi connectivity index (χ1n) is 5.94. The van der Waals surface area contributed by atoms with Gasteiger partial charge in [0.2, 0.25) is 5.91 Å². The van der Waals surface area contributed by atoms with Crippen LogP contribution < -0.4 is 10.6 Å². The van der Waals surface area contributed by atoms with Crippen LogP contribution in [0.25, 0.3) is 0 Å². The largest absolute Gasteiger partial charge is 0.369 e.